The van der Waals surface area contributed by atoms with Crippen LogP contribution in [0.15, 0.2) is 0 Å². The Morgan fingerprint density at radius 1 is 1.50 bits per heavy atom. The Hall–Kier alpha value is 1.75. The average molecular weight is 237 g/mol. The van der Waals surface area contributed by atoms with Crippen molar-refractivity contribution in [2.24, 2.45) is 0 Å². The minimum Gasteiger partial charge on any atom is -1.00 e. The molecule has 0 aliphatic rings. The fraction of sp³-hybridized carbons (Fsp3) is 0.833. The number of aliphatic hydroxyl groups is 1. The summed E-state index contributed by atoms with van der Waals surface area (Å²) in [6, 6.07) is 0. The molecule has 0 rings (SSSR count). The molecule has 0 fully saturated rings. The van der Waals surface area contributed by atoms with Crippen molar-refractivity contribution in [1.29, 1.82) is 0 Å². The molecule has 0 radical (unpaired) electrons. The Labute approximate surface area is 115 Å². The third-order valence-corrected chi connectivity index (χ3v) is 0. The van der Waals surface area contributed by atoms with E-state index in [2.05, 4.69) is 15.9 Å². The van der Waals surface area contributed by atoms with E-state index in [1.54, 1.807) is 20.8 Å². The maximum absolute atomic E-state index is 9.36. The van der Waals surface area contributed by atoms with Crippen LogP contribution in [-0.4, -0.2) is 15.4 Å². The van der Waals surface area contributed by atoms with Gasteiger partial charge < -0.3 is 6.53 Å². The van der Waals surface area contributed by atoms with Crippen LogP contribution in [0.5, 0.6) is 0 Å². The maximum Gasteiger partial charge on any atom is 1.00 e. The second kappa shape index (κ2) is 8.84. The predicted octanol–water partition coefficient (Wildman–Crippen LogP) is -1.18. The summed E-state index contributed by atoms with van der Waals surface area (Å²) in [6.07, 6.45) is 0. The van der Waals surface area contributed by atoms with Crippen LogP contribution in [-0.2, 0) is 4.79 Å². The van der Waals surface area contributed by atoms with Gasteiger partial charge in [0, 0.05) is 6.92 Å². The Bertz CT molecular complexity index is 83.1. The molecule has 0 spiro atoms. The van der Waals surface area contributed by atoms with Gasteiger partial charge in [-0.25, -0.2) is 0 Å². The third-order valence-electron chi connectivity index (χ3n) is 0. The summed E-state index contributed by atoms with van der Waals surface area (Å²) in [5.74, 6) is 0. The SMILES string of the molecule is CC(=O)Br.CC(C)(C)O.[H-].[K+]. The Morgan fingerprint density at radius 3 is 1.50 bits per heavy atom. The van der Waals surface area contributed by atoms with Crippen LogP contribution < -0.4 is 51.4 Å². The topological polar surface area (TPSA) is 37.3 Å². The van der Waals surface area contributed by atoms with Crippen LogP contribution in [0.4, 0.5) is 0 Å². The summed E-state index contributed by atoms with van der Waals surface area (Å²) < 4.78 is -0.0208. The molecule has 4 heteroatoms. The largest absolute Gasteiger partial charge is 1.00 e. The van der Waals surface area contributed by atoms with Crippen molar-refractivity contribution in [3.05, 3.63) is 0 Å². The van der Waals surface area contributed by atoms with E-state index in [0.717, 1.165) is 0 Å². The van der Waals surface area contributed by atoms with E-state index < -0.39 is 5.60 Å². The van der Waals surface area contributed by atoms with Gasteiger partial charge in [0.25, 0.3) is 0 Å². The predicted molar refractivity (Wildman–Crippen MR) is 42.7 cm³/mol. The van der Waals surface area contributed by atoms with Crippen LogP contribution in [0.2, 0.25) is 0 Å². The zero-order valence-electron chi connectivity index (χ0n) is 8.23. The molecule has 2 nitrogen and oxygen atoms in total. The summed E-state index contributed by atoms with van der Waals surface area (Å²) in [5, 5.41) is 8.52. The Balaban J connectivity index is -0.0000000383. The summed E-state index contributed by atoms with van der Waals surface area (Å²) in [6.45, 7) is 6.67. The van der Waals surface area contributed by atoms with Gasteiger partial charge in [0.05, 0.1) is 5.60 Å². The molecular formula is C6H14BrKO2. The standard InChI is InChI=1S/C4H10O.C2H3BrO.K.H/c1-4(2,3)5;1-2(3)4;;/h5H,1-3H3;1H3;;/q;;+1;-1. The number of hydrogen-bond acceptors (Lipinski definition) is 2. The van der Waals surface area contributed by atoms with Gasteiger partial charge in [0.1, 0.15) is 0 Å². The normalized spacial score (nSPS) is 8.60. The van der Waals surface area contributed by atoms with Crippen LogP contribution in [0, 0.1) is 0 Å². The molecule has 0 aromatic rings. The van der Waals surface area contributed by atoms with E-state index in [-0.39, 0.29) is 57.5 Å². The van der Waals surface area contributed by atoms with Gasteiger partial charge in [-0.3, -0.25) is 4.79 Å². The fourth-order valence-corrected chi connectivity index (χ4v) is 0. The Morgan fingerprint density at radius 2 is 1.50 bits per heavy atom. The molecule has 0 atom stereocenters. The molecule has 58 valence electrons. The van der Waals surface area contributed by atoms with Crippen molar-refractivity contribution in [3.63, 3.8) is 0 Å². The van der Waals surface area contributed by atoms with Gasteiger partial charge in [-0.05, 0) is 36.7 Å². The zero-order valence-corrected chi connectivity index (χ0v) is 11.9. The summed E-state index contributed by atoms with van der Waals surface area (Å²) in [5.41, 5.74) is -0.500. The van der Waals surface area contributed by atoms with E-state index >= 15 is 0 Å². The molecule has 10 heavy (non-hydrogen) atoms. The van der Waals surface area contributed by atoms with Gasteiger partial charge in [-0.15, -0.1) is 0 Å². The van der Waals surface area contributed by atoms with Crippen LogP contribution in [0.3, 0.4) is 0 Å². The first-order valence-electron chi connectivity index (χ1n) is 2.62. The van der Waals surface area contributed by atoms with Crippen molar-refractivity contribution in [2.75, 3.05) is 0 Å². The van der Waals surface area contributed by atoms with Crippen LogP contribution >= 0.6 is 15.9 Å². The van der Waals surface area contributed by atoms with E-state index in [9.17, 15) is 4.79 Å². The minimum absolute atomic E-state index is 0. The summed E-state index contributed by atoms with van der Waals surface area (Å²) in [4.78, 5) is 9.36. The van der Waals surface area contributed by atoms with Crippen molar-refractivity contribution in [3.8, 4) is 0 Å². The molecule has 0 bridgehead atoms. The molecule has 0 unspecified atom stereocenters. The molecule has 1 N–H and O–H groups in total. The monoisotopic (exact) mass is 236 g/mol. The molecule has 0 saturated heterocycles. The minimum atomic E-state index is -0.500. The molecule has 0 amide bonds. The average Bonchev–Trinajstić information content (AvgIpc) is 1.19. The molecule has 0 saturated carbocycles. The van der Waals surface area contributed by atoms with Gasteiger partial charge in [0.2, 0.25) is 0 Å². The Kier molecular flexibility index (Phi) is 15.7. The molecule has 0 aromatic heterocycles. The first-order valence-corrected chi connectivity index (χ1v) is 3.41. The van der Waals surface area contributed by atoms with Crippen molar-refractivity contribution in [1.82, 2.24) is 0 Å². The van der Waals surface area contributed by atoms with Crippen molar-refractivity contribution in [2.45, 2.75) is 33.3 Å². The zero-order chi connectivity index (χ0) is 8.08. The van der Waals surface area contributed by atoms with Gasteiger partial charge >= 0.3 is 51.4 Å². The summed E-state index contributed by atoms with van der Waals surface area (Å²) in [7, 11) is 0. The quantitative estimate of drug-likeness (QED) is 0.425. The van der Waals surface area contributed by atoms with E-state index in [4.69, 9.17) is 5.11 Å². The molecule has 0 aromatic carbocycles. The van der Waals surface area contributed by atoms with E-state index in [1.807, 2.05) is 0 Å². The molecule has 0 aliphatic carbocycles. The second-order valence-electron chi connectivity index (χ2n) is 2.64. The summed E-state index contributed by atoms with van der Waals surface area (Å²) >= 11 is 2.63. The molecule has 0 aliphatic heterocycles. The number of rotatable bonds is 0. The number of hydrogen-bond donors (Lipinski definition) is 1. The van der Waals surface area contributed by atoms with Crippen molar-refractivity contribution < 1.29 is 62.7 Å². The van der Waals surface area contributed by atoms with E-state index in [0.29, 0.717) is 0 Å². The number of halogens is 1. The smallest absolute Gasteiger partial charge is 1.00 e. The fourth-order valence-electron chi connectivity index (χ4n) is 0. The van der Waals surface area contributed by atoms with E-state index in [1.165, 1.54) is 6.92 Å². The maximum atomic E-state index is 9.36. The first kappa shape index (κ1) is 17.7. The van der Waals surface area contributed by atoms with Crippen molar-refractivity contribution >= 4 is 20.6 Å². The van der Waals surface area contributed by atoms with Gasteiger partial charge in [-0.2, -0.15) is 0 Å². The van der Waals surface area contributed by atoms with Gasteiger partial charge in [-0.1, -0.05) is 0 Å². The second-order valence-corrected chi connectivity index (χ2v) is 3.76. The third kappa shape index (κ3) is 244. The van der Waals surface area contributed by atoms with Crippen LogP contribution in [0.25, 0.3) is 0 Å². The number of carbonyl (C=O) groups is 1. The first-order chi connectivity index (χ1) is 3.73. The van der Waals surface area contributed by atoms with Gasteiger partial charge in [0.15, 0.2) is 4.69 Å². The van der Waals surface area contributed by atoms with Crippen LogP contribution in [0.1, 0.15) is 29.1 Å². The molecule has 0 heterocycles. The number of carbonyl (C=O) groups excluding carboxylic acids is 1. The molecular weight excluding hydrogens is 223 g/mol.